The first-order valence-electron chi connectivity index (χ1n) is 12.6. The molecule has 1 amide bonds. The zero-order valence-electron chi connectivity index (χ0n) is 22.0. The van der Waals surface area contributed by atoms with Crippen molar-refractivity contribution in [1.82, 2.24) is 5.32 Å². The molecule has 1 unspecified atom stereocenters. The quantitative estimate of drug-likeness (QED) is 0.246. The molecule has 0 bridgehead atoms. The van der Waals surface area contributed by atoms with Crippen LogP contribution in [0.5, 0.6) is 0 Å². The van der Waals surface area contributed by atoms with Gasteiger partial charge >= 0.3 is 11.9 Å². The summed E-state index contributed by atoms with van der Waals surface area (Å²) in [5, 5.41) is 6.27. The van der Waals surface area contributed by atoms with Crippen molar-refractivity contribution >= 4 is 51.5 Å². The van der Waals surface area contributed by atoms with E-state index in [1.165, 1.54) is 24.0 Å². The molecule has 200 valence electrons. The standard InChI is InChI=1S/C28H36N2O5S2/c1-28(2,3)19-12-13-20-21(17-19)37-25(24(20)26(33)34-4)30-27(36)29-22(31)14-15-23(32)35-16-8-11-18-9-6-5-7-10-18/h5-7,9-10,19H,8,11-17H2,1-4H3,(H2,29,30,31,36). The maximum Gasteiger partial charge on any atom is 0.341 e. The van der Waals surface area contributed by atoms with Crippen LogP contribution in [-0.2, 0) is 38.3 Å². The van der Waals surface area contributed by atoms with Crippen LogP contribution < -0.4 is 10.6 Å². The summed E-state index contributed by atoms with van der Waals surface area (Å²) in [6.07, 6.45) is 4.16. The summed E-state index contributed by atoms with van der Waals surface area (Å²) in [5.74, 6) is -0.720. The van der Waals surface area contributed by atoms with Gasteiger partial charge in [0.15, 0.2) is 5.11 Å². The Morgan fingerprint density at radius 2 is 1.86 bits per heavy atom. The fourth-order valence-electron chi connectivity index (χ4n) is 4.45. The lowest BCUT2D eigenvalue weighted by atomic mass is 9.72. The lowest BCUT2D eigenvalue weighted by molar-refractivity contribution is -0.145. The van der Waals surface area contributed by atoms with Crippen molar-refractivity contribution in [2.75, 3.05) is 19.0 Å². The highest BCUT2D eigenvalue weighted by Crippen LogP contribution is 2.44. The molecule has 1 atom stereocenters. The van der Waals surface area contributed by atoms with Crippen molar-refractivity contribution < 1.29 is 23.9 Å². The van der Waals surface area contributed by atoms with E-state index in [0.29, 0.717) is 23.1 Å². The molecule has 2 N–H and O–H groups in total. The van der Waals surface area contributed by atoms with Gasteiger partial charge in [0.05, 0.1) is 25.7 Å². The van der Waals surface area contributed by atoms with Gasteiger partial charge in [0.25, 0.3) is 0 Å². The van der Waals surface area contributed by atoms with Gasteiger partial charge in [0, 0.05) is 11.3 Å². The van der Waals surface area contributed by atoms with Crippen LogP contribution in [0.1, 0.15) is 72.8 Å². The number of hydrogen-bond donors (Lipinski definition) is 2. The second-order valence-electron chi connectivity index (χ2n) is 10.3. The van der Waals surface area contributed by atoms with Gasteiger partial charge in [-0.2, -0.15) is 0 Å². The van der Waals surface area contributed by atoms with Gasteiger partial charge in [-0.3, -0.25) is 9.59 Å². The molecule has 2 aromatic rings. The molecule has 1 aliphatic carbocycles. The van der Waals surface area contributed by atoms with Gasteiger partial charge in [-0.15, -0.1) is 11.3 Å². The normalized spacial score (nSPS) is 14.9. The maximum absolute atomic E-state index is 12.6. The number of ether oxygens (including phenoxy) is 2. The average molecular weight is 545 g/mol. The summed E-state index contributed by atoms with van der Waals surface area (Å²) in [7, 11) is 1.36. The minimum Gasteiger partial charge on any atom is -0.466 e. The summed E-state index contributed by atoms with van der Waals surface area (Å²) in [6.45, 7) is 7.02. The number of anilines is 1. The second kappa shape index (κ2) is 13.1. The van der Waals surface area contributed by atoms with Gasteiger partial charge < -0.3 is 20.1 Å². The summed E-state index contributed by atoms with van der Waals surface area (Å²) < 4.78 is 10.3. The average Bonchev–Trinajstić information content (AvgIpc) is 3.21. The van der Waals surface area contributed by atoms with Crippen LogP contribution >= 0.6 is 23.6 Å². The highest BCUT2D eigenvalue weighted by Gasteiger charge is 2.34. The number of thiocarbonyl (C=S) groups is 1. The maximum atomic E-state index is 12.6. The van der Waals surface area contributed by atoms with Crippen molar-refractivity contribution in [3.05, 3.63) is 51.9 Å². The number of thiophene rings is 1. The van der Waals surface area contributed by atoms with Gasteiger partial charge in [-0.05, 0) is 66.8 Å². The smallest absolute Gasteiger partial charge is 0.341 e. The zero-order chi connectivity index (χ0) is 27.0. The van der Waals surface area contributed by atoms with E-state index in [4.69, 9.17) is 21.7 Å². The van der Waals surface area contributed by atoms with E-state index in [1.807, 2.05) is 30.3 Å². The number of hydrogen-bond acceptors (Lipinski definition) is 7. The summed E-state index contributed by atoms with van der Waals surface area (Å²) in [6, 6.07) is 9.98. The number of esters is 2. The SMILES string of the molecule is COC(=O)c1c(NC(=S)NC(=O)CCC(=O)OCCCc2ccccc2)sc2c1CCC(C(C)(C)C)C2. The number of carbonyl (C=O) groups excluding carboxylic acids is 3. The molecule has 1 aromatic heterocycles. The van der Waals surface area contributed by atoms with E-state index in [-0.39, 0.29) is 23.4 Å². The fourth-order valence-corrected chi connectivity index (χ4v) is 6.05. The van der Waals surface area contributed by atoms with E-state index in [1.54, 1.807) is 0 Å². The highest BCUT2D eigenvalue weighted by molar-refractivity contribution is 7.80. The van der Waals surface area contributed by atoms with E-state index in [2.05, 4.69) is 31.4 Å². The minimum absolute atomic E-state index is 0.0331. The van der Waals surface area contributed by atoms with Crippen LogP contribution in [0.2, 0.25) is 0 Å². The first kappa shape index (κ1) is 28.8. The topological polar surface area (TPSA) is 93.7 Å². The molecule has 9 heteroatoms. The largest absolute Gasteiger partial charge is 0.466 e. The van der Waals surface area contributed by atoms with Crippen molar-refractivity contribution in [3.63, 3.8) is 0 Å². The Morgan fingerprint density at radius 3 is 2.54 bits per heavy atom. The molecule has 3 rings (SSSR count). The van der Waals surface area contributed by atoms with E-state index < -0.39 is 17.8 Å². The molecule has 37 heavy (non-hydrogen) atoms. The molecule has 0 fully saturated rings. The lowest BCUT2D eigenvalue weighted by Crippen LogP contribution is -2.34. The molecule has 1 aromatic carbocycles. The fraction of sp³-hybridized carbons (Fsp3) is 0.500. The summed E-state index contributed by atoms with van der Waals surface area (Å²) >= 11 is 6.81. The third-order valence-corrected chi connectivity index (χ3v) is 8.01. The van der Waals surface area contributed by atoms with Crippen molar-refractivity contribution in [2.24, 2.45) is 11.3 Å². The van der Waals surface area contributed by atoms with Crippen molar-refractivity contribution in [2.45, 2.75) is 65.7 Å². The van der Waals surface area contributed by atoms with Crippen LogP contribution in [0.3, 0.4) is 0 Å². The summed E-state index contributed by atoms with van der Waals surface area (Å²) in [4.78, 5) is 38.1. The zero-order valence-corrected chi connectivity index (χ0v) is 23.6. The Bertz CT molecular complexity index is 1120. The van der Waals surface area contributed by atoms with Crippen molar-refractivity contribution in [1.29, 1.82) is 0 Å². The van der Waals surface area contributed by atoms with Gasteiger partial charge in [-0.1, -0.05) is 51.1 Å². The number of benzene rings is 1. The van der Waals surface area contributed by atoms with Crippen LogP contribution in [0, 0.1) is 11.3 Å². The second-order valence-corrected chi connectivity index (χ2v) is 11.8. The Kier molecular flexibility index (Phi) is 10.2. The van der Waals surface area contributed by atoms with E-state index in [0.717, 1.165) is 42.5 Å². The molecule has 0 spiro atoms. The molecule has 1 heterocycles. The molecular formula is C28H36N2O5S2. The summed E-state index contributed by atoms with van der Waals surface area (Å²) in [5.41, 5.74) is 2.86. The molecule has 1 aliphatic rings. The molecular weight excluding hydrogens is 508 g/mol. The number of nitrogens with one attached hydrogen (secondary N) is 2. The van der Waals surface area contributed by atoms with Crippen LogP contribution in [-0.4, -0.2) is 36.7 Å². The van der Waals surface area contributed by atoms with E-state index >= 15 is 0 Å². The Labute approximate surface area is 228 Å². The molecule has 0 aliphatic heterocycles. The Morgan fingerprint density at radius 1 is 1.14 bits per heavy atom. The number of aryl methyl sites for hydroxylation is 1. The third-order valence-electron chi connectivity index (χ3n) is 6.63. The van der Waals surface area contributed by atoms with Crippen molar-refractivity contribution in [3.8, 4) is 0 Å². The number of methoxy groups -OCH3 is 1. The van der Waals surface area contributed by atoms with Gasteiger partial charge in [0.1, 0.15) is 5.00 Å². The van der Waals surface area contributed by atoms with Crippen LogP contribution in [0.15, 0.2) is 30.3 Å². The molecule has 0 saturated heterocycles. The lowest BCUT2D eigenvalue weighted by Gasteiger charge is -2.33. The molecule has 0 radical (unpaired) electrons. The van der Waals surface area contributed by atoms with Crippen LogP contribution in [0.4, 0.5) is 5.00 Å². The molecule has 0 saturated carbocycles. The number of rotatable bonds is 9. The Balaban J connectivity index is 1.48. The number of amides is 1. The van der Waals surface area contributed by atoms with Gasteiger partial charge in [0.2, 0.25) is 5.91 Å². The highest BCUT2D eigenvalue weighted by atomic mass is 32.1. The molecule has 7 nitrogen and oxygen atoms in total. The number of carbonyl (C=O) groups is 3. The van der Waals surface area contributed by atoms with Crippen LogP contribution in [0.25, 0.3) is 0 Å². The first-order valence-corrected chi connectivity index (χ1v) is 13.8. The number of fused-ring (bicyclic) bond motifs is 1. The third kappa shape index (κ3) is 8.36. The first-order chi connectivity index (χ1) is 17.6. The monoisotopic (exact) mass is 544 g/mol. The Hall–Kier alpha value is -2.78. The predicted molar refractivity (Wildman–Crippen MR) is 150 cm³/mol. The minimum atomic E-state index is -0.422. The van der Waals surface area contributed by atoms with Gasteiger partial charge in [-0.25, -0.2) is 4.79 Å². The van der Waals surface area contributed by atoms with E-state index in [9.17, 15) is 14.4 Å². The predicted octanol–water partition coefficient (Wildman–Crippen LogP) is 5.45.